The summed E-state index contributed by atoms with van der Waals surface area (Å²) in [6.45, 7) is 5.95. The normalized spacial score (nSPS) is 21.7. The van der Waals surface area contributed by atoms with E-state index in [-0.39, 0.29) is 12.1 Å². The Kier molecular flexibility index (Phi) is 6.48. The Hall–Kier alpha value is -1.52. The average Bonchev–Trinajstić information content (AvgIpc) is 2.52. The molecule has 0 saturated carbocycles. The molecule has 0 aromatic heterocycles. The van der Waals surface area contributed by atoms with Gasteiger partial charge < -0.3 is 10.2 Å². The van der Waals surface area contributed by atoms with Crippen molar-refractivity contribution >= 4 is 17.6 Å². The minimum absolute atomic E-state index is 0.0528. The molecule has 126 valence electrons. The molecule has 4 nitrogen and oxygen atoms in total. The average molecular weight is 336 g/mol. The number of halogens is 1. The zero-order valence-electron chi connectivity index (χ0n) is 14.0. The molecule has 1 N–H and O–H groups in total. The van der Waals surface area contributed by atoms with E-state index in [4.69, 9.17) is 11.6 Å². The zero-order valence-corrected chi connectivity index (χ0v) is 14.7. The number of amides is 2. The van der Waals surface area contributed by atoms with Gasteiger partial charge in [0.05, 0.1) is 0 Å². The summed E-state index contributed by atoms with van der Waals surface area (Å²) in [4.78, 5) is 16.1. The molecule has 1 aliphatic heterocycles. The third-order valence-electron chi connectivity index (χ3n) is 4.46. The predicted octanol–water partition coefficient (Wildman–Crippen LogP) is 3.55. The van der Waals surface area contributed by atoms with E-state index in [0.29, 0.717) is 19.0 Å². The SMILES string of the molecule is C=CCN(C)C(=O)NC[C@H]1CCCN(C)[C@H]1c1cccc(Cl)c1. The van der Waals surface area contributed by atoms with E-state index < -0.39 is 0 Å². The Labute approximate surface area is 144 Å². The van der Waals surface area contributed by atoms with Crippen LogP contribution in [0.3, 0.4) is 0 Å². The maximum absolute atomic E-state index is 12.1. The molecular formula is C18H26ClN3O. The van der Waals surface area contributed by atoms with Crippen molar-refractivity contribution in [2.45, 2.75) is 18.9 Å². The van der Waals surface area contributed by atoms with Gasteiger partial charge in [-0.15, -0.1) is 6.58 Å². The number of carbonyl (C=O) groups is 1. The van der Waals surface area contributed by atoms with Gasteiger partial charge in [0.15, 0.2) is 0 Å². The zero-order chi connectivity index (χ0) is 16.8. The largest absolute Gasteiger partial charge is 0.338 e. The highest BCUT2D eigenvalue weighted by Gasteiger charge is 2.31. The summed E-state index contributed by atoms with van der Waals surface area (Å²) in [5.41, 5.74) is 1.22. The van der Waals surface area contributed by atoms with Crippen molar-refractivity contribution in [2.75, 3.05) is 33.7 Å². The second-order valence-corrected chi connectivity index (χ2v) is 6.67. The lowest BCUT2D eigenvalue weighted by atomic mass is 9.85. The van der Waals surface area contributed by atoms with Gasteiger partial charge in [0.1, 0.15) is 0 Å². The number of urea groups is 1. The molecule has 23 heavy (non-hydrogen) atoms. The summed E-state index contributed by atoms with van der Waals surface area (Å²) in [6.07, 6.45) is 3.98. The van der Waals surface area contributed by atoms with E-state index >= 15 is 0 Å². The molecule has 0 aliphatic carbocycles. The number of hydrogen-bond donors (Lipinski definition) is 1. The van der Waals surface area contributed by atoms with Crippen LogP contribution >= 0.6 is 11.6 Å². The van der Waals surface area contributed by atoms with Crippen molar-refractivity contribution in [3.63, 3.8) is 0 Å². The van der Waals surface area contributed by atoms with Gasteiger partial charge in [-0.1, -0.05) is 29.8 Å². The first kappa shape index (κ1) is 17.8. The molecule has 2 amide bonds. The summed E-state index contributed by atoms with van der Waals surface area (Å²) < 4.78 is 0. The highest BCUT2D eigenvalue weighted by molar-refractivity contribution is 6.30. The van der Waals surface area contributed by atoms with Crippen molar-refractivity contribution in [2.24, 2.45) is 5.92 Å². The first-order valence-electron chi connectivity index (χ1n) is 8.08. The lowest BCUT2D eigenvalue weighted by molar-refractivity contribution is 0.119. The molecule has 0 spiro atoms. The van der Waals surface area contributed by atoms with E-state index in [1.165, 1.54) is 5.56 Å². The van der Waals surface area contributed by atoms with Crippen molar-refractivity contribution < 1.29 is 4.79 Å². The second-order valence-electron chi connectivity index (χ2n) is 6.24. The van der Waals surface area contributed by atoms with Crippen LogP contribution in [0.15, 0.2) is 36.9 Å². The predicted molar refractivity (Wildman–Crippen MR) is 95.8 cm³/mol. The number of hydrogen-bond acceptors (Lipinski definition) is 2. The summed E-state index contributed by atoms with van der Waals surface area (Å²) in [5.74, 6) is 0.383. The first-order chi connectivity index (χ1) is 11.0. The second kappa shape index (κ2) is 8.37. The fourth-order valence-corrected chi connectivity index (χ4v) is 3.52. The van der Waals surface area contributed by atoms with Gasteiger partial charge in [0, 0.05) is 31.2 Å². The van der Waals surface area contributed by atoms with Gasteiger partial charge in [0.25, 0.3) is 0 Å². The molecular weight excluding hydrogens is 310 g/mol. The van der Waals surface area contributed by atoms with Gasteiger partial charge in [0.2, 0.25) is 0 Å². The first-order valence-corrected chi connectivity index (χ1v) is 8.46. The van der Waals surface area contributed by atoms with Gasteiger partial charge in [-0.25, -0.2) is 4.79 Å². The molecule has 1 aromatic carbocycles. The maximum atomic E-state index is 12.1. The number of nitrogens with one attached hydrogen (secondary N) is 1. The number of nitrogens with zero attached hydrogens (tertiary/aromatic N) is 2. The lowest BCUT2D eigenvalue weighted by Crippen LogP contribution is -2.44. The van der Waals surface area contributed by atoms with Crippen molar-refractivity contribution in [1.29, 1.82) is 0 Å². The number of rotatable bonds is 5. The van der Waals surface area contributed by atoms with Gasteiger partial charge in [-0.3, -0.25) is 4.90 Å². The van der Waals surface area contributed by atoms with E-state index in [0.717, 1.165) is 24.4 Å². The monoisotopic (exact) mass is 335 g/mol. The molecule has 0 unspecified atom stereocenters. The van der Waals surface area contributed by atoms with Gasteiger partial charge >= 0.3 is 6.03 Å². The van der Waals surface area contributed by atoms with Crippen molar-refractivity contribution in [3.05, 3.63) is 47.5 Å². The van der Waals surface area contributed by atoms with Crippen LogP contribution in [0.5, 0.6) is 0 Å². The molecule has 2 rings (SSSR count). The van der Waals surface area contributed by atoms with Crippen LogP contribution in [0.2, 0.25) is 5.02 Å². The fraction of sp³-hybridized carbons (Fsp3) is 0.500. The van der Waals surface area contributed by atoms with Crippen molar-refractivity contribution in [1.82, 2.24) is 15.1 Å². The summed E-state index contributed by atoms with van der Waals surface area (Å²) >= 11 is 6.16. The standard InChI is InChI=1S/C18H26ClN3O/c1-4-10-22(3)18(23)20-13-15-8-6-11-21(2)17(15)14-7-5-9-16(19)12-14/h4-5,7,9,12,15,17H,1,6,8,10-11,13H2,2-3H3,(H,20,23)/t15-,17+/m1/s1. The lowest BCUT2D eigenvalue weighted by Gasteiger charge is -2.40. The minimum atomic E-state index is -0.0528. The Balaban J connectivity index is 2.06. The van der Waals surface area contributed by atoms with Crippen LogP contribution in [0.4, 0.5) is 4.79 Å². The molecule has 1 heterocycles. The number of benzene rings is 1. The molecule has 5 heteroatoms. The van der Waals surface area contributed by atoms with Gasteiger partial charge in [-0.05, 0) is 50.0 Å². The maximum Gasteiger partial charge on any atom is 0.317 e. The van der Waals surface area contributed by atoms with E-state index in [1.54, 1.807) is 18.0 Å². The highest BCUT2D eigenvalue weighted by Crippen LogP contribution is 2.35. The number of likely N-dealkylation sites (tertiary alicyclic amines) is 1. The number of likely N-dealkylation sites (N-methyl/N-ethyl adjacent to an activating group) is 1. The van der Waals surface area contributed by atoms with E-state index in [9.17, 15) is 4.79 Å². The quantitative estimate of drug-likeness (QED) is 0.835. The molecule has 0 radical (unpaired) electrons. The Bertz CT molecular complexity index is 549. The van der Waals surface area contributed by atoms with E-state index in [2.05, 4.69) is 29.9 Å². The Morgan fingerprint density at radius 2 is 2.35 bits per heavy atom. The van der Waals surface area contributed by atoms with E-state index in [1.807, 2.05) is 18.2 Å². The van der Waals surface area contributed by atoms with Crippen LogP contribution < -0.4 is 5.32 Å². The molecule has 1 fully saturated rings. The van der Waals surface area contributed by atoms with Gasteiger partial charge in [-0.2, -0.15) is 0 Å². The summed E-state index contributed by atoms with van der Waals surface area (Å²) in [7, 11) is 3.92. The third-order valence-corrected chi connectivity index (χ3v) is 4.70. The van der Waals surface area contributed by atoms with Crippen LogP contribution in [-0.2, 0) is 0 Å². The molecule has 1 saturated heterocycles. The summed E-state index contributed by atoms with van der Waals surface area (Å²) in [6, 6.07) is 8.28. The number of carbonyl (C=O) groups excluding carboxylic acids is 1. The Morgan fingerprint density at radius 3 is 3.04 bits per heavy atom. The van der Waals surface area contributed by atoms with Crippen molar-refractivity contribution in [3.8, 4) is 0 Å². The number of piperidine rings is 1. The smallest absolute Gasteiger partial charge is 0.317 e. The molecule has 0 bridgehead atoms. The fourth-order valence-electron chi connectivity index (χ4n) is 3.32. The minimum Gasteiger partial charge on any atom is -0.338 e. The molecule has 2 atom stereocenters. The third kappa shape index (κ3) is 4.72. The van der Waals surface area contributed by atoms with Crippen LogP contribution in [-0.4, -0.2) is 49.6 Å². The Morgan fingerprint density at radius 1 is 1.57 bits per heavy atom. The molecule has 1 aromatic rings. The molecule has 1 aliphatic rings. The summed E-state index contributed by atoms with van der Waals surface area (Å²) in [5, 5.41) is 3.81. The van der Waals surface area contributed by atoms with Crippen LogP contribution in [0.1, 0.15) is 24.4 Å². The van der Waals surface area contributed by atoms with Crippen LogP contribution in [0.25, 0.3) is 0 Å². The van der Waals surface area contributed by atoms with Crippen LogP contribution in [0, 0.1) is 5.92 Å². The topological polar surface area (TPSA) is 35.6 Å². The highest BCUT2D eigenvalue weighted by atomic mass is 35.5.